The highest BCUT2D eigenvalue weighted by Crippen LogP contribution is 2.38. The van der Waals surface area contributed by atoms with Crippen molar-refractivity contribution in [2.75, 3.05) is 13.1 Å². The van der Waals surface area contributed by atoms with Crippen LogP contribution in [0, 0.1) is 0 Å². The second kappa shape index (κ2) is 7.58. The Hall–Kier alpha value is -2.76. The van der Waals surface area contributed by atoms with Gasteiger partial charge in [-0.05, 0) is 36.1 Å². The number of alkyl halides is 3. The van der Waals surface area contributed by atoms with Gasteiger partial charge in [0.05, 0.1) is 5.56 Å². The van der Waals surface area contributed by atoms with Gasteiger partial charge < -0.3 is 9.47 Å². The summed E-state index contributed by atoms with van der Waals surface area (Å²) in [7, 11) is 1.91. The first kappa shape index (κ1) is 19.6. The monoisotopic (exact) mass is 400 g/mol. The minimum absolute atomic E-state index is 0.00199. The van der Waals surface area contributed by atoms with Crippen LogP contribution in [-0.4, -0.2) is 28.5 Å². The third-order valence-electron chi connectivity index (χ3n) is 5.76. The van der Waals surface area contributed by atoms with E-state index in [1.807, 2.05) is 47.0 Å². The van der Waals surface area contributed by atoms with Gasteiger partial charge in [0.1, 0.15) is 0 Å². The van der Waals surface area contributed by atoms with Crippen molar-refractivity contribution in [3.8, 4) is 0 Å². The number of para-hydroxylation sites is 1. The molecule has 0 saturated carbocycles. The van der Waals surface area contributed by atoms with Gasteiger partial charge in [-0.1, -0.05) is 36.4 Å². The average Bonchev–Trinajstić information content (AvgIpc) is 3.35. The van der Waals surface area contributed by atoms with E-state index in [4.69, 9.17) is 0 Å². The summed E-state index contributed by atoms with van der Waals surface area (Å²) in [6, 6.07) is 13.2. The van der Waals surface area contributed by atoms with Gasteiger partial charge in [0.25, 0.3) is 0 Å². The number of likely N-dealkylation sites (tertiary alicyclic amines) is 1. The molecule has 6 heteroatoms. The first-order chi connectivity index (χ1) is 13.8. The smallest absolute Gasteiger partial charge is 0.350 e. The molecule has 2 heterocycles. The summed E-state index contributed by atoms with van der Waals surface area (Å²) < 4.78 is 41.9. The molecule has 1 atom stereocenters. The summed E-state index contributed by atoms with van der Waals surface area (Å²) >= 11 is 0. The van der Waals surface area contributed by atoms with Crippen LogP contribution in [0.2, 0.25) is 0 Å². The van der Waals surface area contributed by atoms with Crippen LogP contribution < -0.4 is 0 Å². The summed E-state index contributed by atoms with van der Waals surface area (Å²) in [6.07, 6.45) is -0.358. The number of amides is 1. The van der Waals surface area contributed by atoms with Crippen LogP contribution in [0.15, 0.2) is 54.7 Å². The molecule has 0 unspecified atom stereocenters. The molecule has 0 bridgehead atoms. The topological polar surface area (TPSA) is 25.2 Å². The number of hydrogen-bond acceptors (Lipinski definition) is 1. The van der Waals surface area contributed by atoms with Crippen LogP contribution in [0.1, 0.15) is 41.9 Å². The van der Waals surface area contributed by atoms with E-state index in [2.05, 4.69) is 0 Å². The predicted molar refractivity (Wildman–Crippen MR) is 107 cm³/mol. The highest BCUT2D eigenvalue weighted by Gasteiger charge is 2.32. The summed E-state index contributed by atoms with van der Waals surface area (Å²) in [5.74, 6) is -0.436. The van der Waals surface area contributed by atoms with E-state index in [1.165, 1.54) is 12.1 Å². The number of carbonyl (C=O) groups is 1. The number of hydrogen-bond donors (Lipinski definition) is 0. The number of aromatic nitrogens is 1. The van der Waals surface area contributed by atoms with Gasteiger partial charge in [-0.25, -0.2) is 0 Å². The van der Waals surface area contributed by atoms with Gasteiger partial charge in [-0.2, -0.15) is 13.2 Å². The Balaban J connectivity index is 1.80. The molecule has 3 nitrogen and oxygen atoms in total. The zero-order valence-electron chi connectivity index (χ0n) is 16.2. The summed E-state index contributed by atoms with van der Waals surface area (Å²) in [6.45, 7) is 1.45. The second-order valence-corrected chi connectivity index (χ2v) is 7.68. The molecule has 1 amide bonds. The lowest BCUT2D eigenvalue weighted by atomic mass is 9.87. The lowest BCUT2D eigenvalue weighted by molar-refractivity contribution is -0.137. The van der Waals surface area contributed by atoms with Crippen molar-refractivity contribution in [3.05, 3.63) is 71.4 Å². The maximum atomic E-state index is 13.3. The van der Waals surface area contributed by atoms with Gasteiger partial charge in [-0.15, -0.1) is 0 Å². The zero-order chi connectivity index (χ0) is 20.6. The number of halogens is 3. The van der Waals surface area contributed by atoms with Gasteiger partial charge in [0.2, 0.25) is 5.91 Å². The zero-order valence-corrected chi connectivity index (χ0v) is 16.2. The number of aryl methyl sites for hydroxylation is 1. The molecule has 1 aliphatic rings. The third-order valence-corrected chi connectivity index (χ3v) is 5.76. The quantitative estimate of drug-likeness (QED) is 0.580. The number of fused-ring (bicyclic) bond motifs is 1. The largest absolute Gasteiger partial charge is 0.416 e. The van der Waals surface area contributed by atoms with Crippen molar-refractivity contribution < 1.29 is 18.0 Å². The van der Waals surface area contributed by atoms with E-state index in [9.17, 15) is 18.0 Å². The number of benzene rings is 2. The third kappa shape index (κ3) is 3.88. The van der Waals surface area contributed by atoms with Crippen LogP contribution in [0.5, 0.6) is 0 Å². The van der Waals surface area contributed by atoms with Gasteiger partial charge in [0, 0.05) is 49.6 Å². The standard InChI is InChI=1S/C23H23F3N2O/c1-27-15-20(18-9-2-3-10-21(18)27)19(14-22(29)28-11-4-5-12-28)16-7-6-8-17(13-16)23(24,25)26/h2-3,6-10,13,15,19H,4-5,11-12,14H2,1H3/t19-/m1/s1. The minimum atomic E-state index is -4.42. The first-order valence-electron chi connectivity index (χ1n) is 9.83. The second-order valence-electron chi connectivity index (χ2n) is 7.68. The Labute approximate surface area is 167 Å². The molecule has 0 spiro atoms. The molecule has 4 rings (SSSR count). The van der Waals surface area contributed by atoms with Gasteiger partial charge in [-0.3, -0.25) is 4.79 Å². The molecular formula is C23H23F3N2O. The molecule has 152 valence electrons. The SMILES string of the molecule is Cn1cc([C@H](CC(=O)N2CCCC2)c2cccc(C(F)(F)F)c2)c2ccccc21. The summed E-state index contributed by atoms with van der Waals surface area (Å²) in [5.41, 5.74) is 1.71. The van der Waals surface area contributed by atoms with Gasteiger partial charge >= 0.3 is 6.18 Å². The molecule has 0 N–H and O–H groups in total. The van der Waals surface area contributed by atoms with Crippen LogP contribution in [-0.2, 0) is 18.0 Å². The minimum Gasteiger partial charge on any atom is -0.350 e. The first-order valence-corrected chi connectivity index (χ1v) is 9.83. The van der Waals surface area contributed by atoms with Crippen LogP contribution in [0.3, 0.4) is 0 Å². The van der Waals surface area contributed by atoms with Crippen molar-refractivity contribution in [1.82, 2.24) is 9.47 Å². The Morgan fingerprint density at radius 1 is 1.07 bits per heavy atom. The maximum absolute atomic E-state index is 13.3. The molecule has 2 aromatic carbocycles. The fraction of sp³-hybridized carbons (Fsp3) is 0.348. The Bertz CT molecular complexity index is 1030. The molecule has 1 fully saturated rings. The van der Waals surface area contributed by atoms with Crippen molar-refractivity contribution in [3.63, 3.8) is 0 Å². The van der Waals surface area contributed by atoms with E-state index in [0.29, 0.717) is 5.56 Å². The molecule has 3 aromatic rings. The van der Waals surface area contributed by atoms with E-state index < -0.39 is 17.7 Å². The highest BCUT2D eigenvalue weighted by atomic mass is 19.4. The molecule has 1 aliphatic heterocycles. The van der Waals surface area contributed by atoms with E-state index in [1.54, 1.807) is 6.07 Å². The Morgan fingerprint density at radius 2 is 1.79 bits per heavy atom. The lowest BCUT2D eigenvalue weighted by Crippen LogP contribution is -2.29. The molecule has 1 saturated heterocycles. The van der Waals surface area contributed by atoms with Crippen molar-refractivity contribution in [2.24, 2.45) is 7.05 Å². The molecular weight excluding hydrogens is 377 g/mol. The molecule has 29 heavy (non-hydrogen) atoms. The van der Waals surface area contributed by atoms with E-state index in [0.717, 1.165) is 48.5 Å². The molecule has 1 aromatic heterocycles. The van der Waals surface area contributed by atoms with Gasteiger partial charge in [0.15, 0.2) is 0 Å². The fourth-order valence-electron chi connectivity index (χ4n) is 4.26. The fourth-order valence-corrected chi connectivity index (χ4v) is 4.26. The molecule has 0 radical (unpaired) electrons. The van der Waals surface area contributed by atoms with Crippen molar-refractivity contribution in [2.45, 2.75) is 31.4 Å². The predicted octanol–water partition coefficient (Wildman–Crippen LogP) is 5.34. The average molecular weight is 400 g/mol. The lowest BCUT2D eigenvalue weighted by Gasteiger charge is -2.22. The Morgan fingerprint density at radius 3 is 2.52 bits per heavy atom. The highest BCUT2D eigenvalue weighted by molar-refractivity contribution is 5.86. The molecule has 0 aliphatic carbocycles. The van der Waals surface area contributed by atoms with Crippen LogP contribution >= 0.6 is 0 Å². The van der Waals surface area contributed by atoms with Crippen molar-refractivity contribution >= 4 is 16.8 Å². The summed E-state index contributed by atoms with van der Waals surface area (Å²) in [5, 5.41) is 0.964. The normalized spacial score (nSPS) is 15.8. The number of nitrogens with zero attached hydrogens (tertiary/aromatic N) is 2. The van der Waals surface area contributed by atoms with Crippen LogP contribution in [0.25, 0.3) is 10.9 Å². The number of carbonyl (C=O) groups excluding carboxylic acids is 1. The summed E-state index contributed by atoms with van der Waals surface area (Å²) in [4.78, 5) is 14.7. The van der Waals surface area contributed by atoms with Crippen LogP contribution in [0.4, 0.5) is 13.2 Å². The van der Waals surface area contributed by atoms with E-state index >= 15 is 0 Å². The maximum Gasteiger partial charge on any atom is 0.416 e. The van der Waals surface area contributed by atoms with Crippen molar-refractivity contribution in [1.29, 1.82) is 0 Å². The Kier molecular flexibility index (Phi) is 5.11. The number of rotatable bonds is 4. The van der Waals surface area contributed by atoms with E-state index in [-0.39, 0.29) is 12.3 Å².